The number of aliphatic carboxylic acids is 1. The smallest absolute Gasteiger partial charge is 0.308 e. The number of carbonyl (C=O) groups excluding carboxylic acids is 1. The highest BCUT2D eigenvalue weighted by atomic mass is 79.9. The fraction of sp³-hybridized carbons (Fsp3) is 0.312. The van der Waals surface area contributed by atoms with Crippen LogP contribution in [0.4, 0.5) is 0 Å². The van der Waals surface area contributed by atoms with Crippen molar-refractivity contribution in [3.63, 3.8) is 0 Å². The van der Waals surface area contributed by atoms with E-state index in [1.807, 2.05) is 24.3 Å². The van der Waals surface area contributed by atoms with Crippen LogP contribution in [0.1, 0.15) is 23.0 Å². The first-order valence-corrected chi connectivity index (χ1v) is 7.89. The minimum Gasteiger partial charge on any atom is -0.481 e. The number of halogens is 1. The van der Waals surface area contributed by atoms with Crippen LogP contribution in [0.5, 0.6) is 0 Å². The zero-order valence-electron chi connectivity index (χ0n) is 13.2. The summed E-state index contributed by atoms with van der Waals surface area (Å²) in [7, 11) is 1.60. The van der Waals surface area contributed by atoms with Crippen molar-refractivity contribution in [2.45, 2.75) is 13.8 Å². The SMILES string of the molecule is Cc1nn(-c2ccc(Br)cc2)cc1C(=O)N(C)CC(C)C(=O)O. The Kier molecular flexibility index (Phi) is 5.20. The number of hydrogen-bond acceptors (Lipinski definition) is 3. The summed E-state index contributed by atoms with van der Waals surface area (Å²) in [5.41, 5.74) is 1.91. The van der Waals surface area contributed by atoms with Crippen LogP contribution >= 0.6 is 15.9 Å². The summed E-state index contributed by atoms with van der Waals surface area (Å²) in [6.07, 6.45) is 1.67. The third kappa shape index (κ3) is 3.98. The van der Waals surface area contributed by atoms with Crippen LogP contribution in [0, 0.1) is 12.8 Å². The van der Waals surface area contributed by atoms with E-state index in [9.17, 15) is 9.59 Å². The van der Waals surface area contributed by atoms with Gasteiger partial charge in [0.2, 0.25) is 0 Å². The van der Waals surface area contributed by atoms with Crippen molar-refractivity contribution in [2.75, 3.05) is 13.6 Å². The lowest BCUT2D eigenvalue weighted by Gasteiger charge is -2.18. The summed E-state index contributed by atoms with van der Waals surface area (Å²) in [4.78, 5) is 24.8. The summed E-state index contributed by atoms with van der Waals surface area (Å²) in [6.45, 7) is 3.48. The molecule has 7 heteroatoms. The van der Waals surface area contributed by atoms with Crippen LogP contribution in [-0.4, -0.2) is 45.3 Å². The van der Waals surface area contributed by atoms with E-state index in [1.54, 1.807) is 31.8 Å². The van der Waals surface area contributed by atoms with Crippen molar-refractivity contribution in [1.82, 2.24) is 14.7 Å². The molecule has 1 aromatic heterocycles. The van der Waals surface area contributed by atoms with Crippen LogP contribution in [0.25, 0.3) is 5.69 Å². The Hall–Kier alpha value is -2.15. The van der Waals surface area contributed by atoms with E-state index in [0.29, 0.717) is 11.3 Å². The Bertz CT molecular complexity index is 725. The van der Waals surface area contributed by atoms with Gasteiger partial charge in [0.1, 0.15) is 0 Å². The van der Waals surface area contributed by atoms with E-state index < -0.39 is 11.9 Å². The first-order valence-electron chi connectivity index (χ1n) is 7.10. The van der Waals surface area contributed by atoms with Gasteiger partial charge >= 0.3 is 5.97 Å². The number of carboxylic acid groups (broad SMARTS) is 1. The molecule has 1 amide bonds. The normalized spacial score (nSPS) is 12.0. The lowest BCUT2D eigenvalue weighted by Crippen LogP contribution is -2.33. The number of aryl methyl sites for hydroxylation is 1. The number of carboxylic acids is 1. The van der Waals surface area contributed by atoms with Gasteiger partial charge in [-0.05, 0) is 31.2 Å². The number of rotatable bonds is 5. The Labute approximate surface area is 142 Å². The zero-order valence-corrected chi connectivity index (χ0v) is 14.7. The highest BCUT2D eigenvalue weighted by molar-refractivity contribution is 9.10. The number of carbonyl (C=O) groups is 2. The van der Waals surface area contributed by atoms with Crippen molar-refractivity contribution in [1.29, 1.82) is 0 Å². The minimum atomic E-state index is -0.924. The van der Waals surface area contributed by atoms with Gasteiger partial charge in [-0.1, -0.05) is 22.9 Å². The van der Waals surface area contributed by atoms with E-state index in [4.69, 9.17) is 5.11 Å². The molecule has 1 atom stereocenters. The number of hydrogen-bond donors (Lipinski definition) is 1. The van der Waals surface area contributed by atoms with Gasteiger partial charge in [-0.2, -0.15) is 5.10 Å². The highest BCUT2D eigenvalue weighted by Gasteiger charge is 2.21. The molecule has 2 aromatic rings. The largest absolute Gasteiger partial charge is 0.481 e. The maximum Gasteiger partial charge on any atom is 0.308 e. The molecule has 0 saturated heterocycles. The molecule has 23 heavy (non-hydrogen) atoms. The second-order valence-corrected chi connectivity index (χ2v) is 6.39. The lowest BCUT2D eigenvalue weighted by molar-refractivity contribution is -0.141. The lowest BCUT2D eigenvalue weighted by atomic mass is 10.1. The molecule has 0 aliphatic carbocycles. The highest BCUT2D eigenvalue weighted by Crippen LogP contribution is 2.17. The zero-order chi connectivity index (χ0) is 17.1. The summed E-state index contributed by atoms with van der Waals surface area (Å²) in [5.74, 6) is -1.78. The monoisotopic (exact) mass is 379 g/mol. The molecule has 0 aliphatic heterocycles. The molecular formula is C16H18BrN3O3. The molecular weight excluding hydrogens is 362 g/mol. The quantitative estimate of drug-likeness (QED) is 0.866. The number of amides is 1. The van der Waals surface area contributed by atoms with Gasteiger partial charge in [0.25, 0.3) is 5.91 Å². The van der Waals surface area contributed by atoms with Gasteiger partial charge in [0, 0.05) is 24.3 Å². The summed E-state index contributed by atoms with van der Waals surface area (Å²) in [5, 5.41) is 13.3. The minimum absolute atomic E-state index is 0.150. The van der Waals surface area contributed by atoms with Crippen LogP contribution < -0.4 is 0 Å². The van der Waals surface area contributed by atoms with Crippen molar-refractivity contribution in [3.8, 4) is 5.69 Å². The Balaban J connectivity index is 2.21. The molecule has 1 aromatic carbocycles. The van der Waals surface area contributed by atoms with Crippen molar-refractivity contribution in [3.05, 3.63) is 46.2 Å². The molecule has 0 spiro atoms. The third-order valence-electron chi connectivity index (χ3n) is 3.54. The van der Waals surface area contributed by atoms with E-state index in [2.05, 4.69) is 21.0 Å². The first kappa shape index (κ1) is 17.2. The van der Waals surface area contributed by atoms with E-state index in [-0.39, 0.29) is 12.5 Å². The second kappa shape index (κ2) is 6.95. The van der Waals surface area contributed by atoms with Crippen LogP contribution in [0.2, 0.25) is 0 Å². The molecule has 0 aliphatic rings. The first-order chi connectivity index (χ1) is 10.8. The van der Waals surface area contributed by atoms with Crippen molar-refractivity contribution < 1.29 is 14.7 Å². The fourth-order valence-corrected chi connectivity index (χ4v) is 2.44. The van der Waals surface area contributed by atoms with Gasteiger partial charge in [-0.15, -0.1) is 0 Å². The Morgan fingerprint density at radius 2 is 1.96 bits per heavy atom. The molecule has 1 N–H and O–H groups in total. The Morgan fingerprint density at radius 3 is 2.52 bits per heavy atom. The standard InChI is InChI=1S/C16H18BrN3O3/c1-10(16(22)23)8-19(3)15(21)14-9-20(18-11(14)2)13-6-4-12(17)5-7-13/h4-7,9-10H,8H2,1-3H3,(H,22,23). The van der Waals surface area contributed by atoms with Crippen molar-refractivity contribution in [2.24, 2.45) is 5.92 Å². The second-order valence-electron chi connectivity index (χ2n) is 5.47. The van der Waals surface area contributed by atoms with Gasteiger partial charge < -0.3 is 10.0 Å². The van der Waals surface area contributed by atoms with Gasteiger partial charge in [0.05, 0.1) is 22.9 Å². The average molecular weight is 380 g/mol. The maximum atomic E-state index is 12.5. The topological polar surface area (TPSA) is 75.4 Å². The van der Waals surface area contributed by atoms with Gasteiger partial charge in [-0.3, -0.25) is 9.59 Å². The Morgan fingerprint density at radius 1 is 1.35 bits per heavy atom. The van der Waals surface area contributed by atoms with Crippen LogP contribution in [-0.2, 0) is 4.79 Å². The molecule has 2 rings (SSSR count). The van der Waals surface area contributed by atoms with Crippen LogP contribution in [0.3, 0.4) is 0 Å². The predicted molar refractivity (Wildman–Crippen MR) is 89.8 cm³/mol. The summed E-state index contributed by atoms with van der Waals surface area (Å²) >= 11 is 3.38. The van der Waals surface area contributed by atoms with Crippen LogP contribution in [0.15, 0.2) is 34.9 Å². The molecule has 0 saturated carbocycles. The maximum absolute atomic E-state index is 12.5. The molecule has 0 radical (unpaired) electrons. The molecule has 1 heterocycles. The van der Waals surface area contributed by atoms with Crippen molar-refractivity contribution >= 4 is 27.8 Å². The number of nitrogens with zero attached hydrogens (tertiary/aromatic N) is 3. The number of aromatic nitrogens is 2. The summed E-state index contributed by atoms with van der Waals surface area (Å²) < 4.78 is 2.60. The molecule has 0 bridgehead atoms. The van der Waals surface area contributed by atoms with E-state index >= 15 is 0 Å². The molecule has 6 nitrogen and oxygen atoms in total. The molecule has 122 valence electrons. The van der Waals surface area contributed by atoms with Gasteiger partial charge in [-0.25, -0.2) is 4.68 Å². The average Bonchev–Trinajstić information content (AvgIpc) is 2.88. The van der Waals surface area contributed by atoms with E-state index in [1.165, 1.54) is 4.90 Å². The fourth-order valence-electron chi connectivity index (χ4n) is 2.17. The molecule has 1 unspecified atom stereocenters. The number of benzene rings is 1. The third-order valence-corrected chi connectivity index (χ3v) is 4.07. The summed E-state index contributed by atoms with van der Waals surface area (Å²) in [6, 6.07) is 7.57. The van der Waals surface area contributed by atoms with E-state index in [0.717, 1.165) is 10.2 Å². The predicted octanol–water partition coefficient (Wildman–Crippen LogP) is 2.74. The van der Waals surface area contributed by atoms with Gasteiger partial charge in [0.15, 0.2) is 0 Å². The molecule has 0 fully saturated rings.